The van der Waals surface area contributed by atoms with Crippen LogP contribution < -0.4 is 5.84 Å². The van der Waals surface area contributed by atoms with Gasteiger partial charge in [-0.1, -0.05) is 42.5 Å². The van der Waals surface area contributed by atoms with Gasteiger partial charge in [-0.15, -0.1) is 10.2 Å². The number of aromatic nitrogens is 3. The molecule has 0 saturated heterocycles. The van der Waals surface area contributed by atoms with Crippen molar-refractivity contribution >= 4 is 17.6 Å². The minimum absolute atomic E-state index is 0.485. The molecule has 1 heterocycles. The van der Waals surface area contributed by atoms with E-state index >= 15 is 0 Å². The maximum absolute atomic E-state index is 5.74. The van der Waals surface area contributed by atoms with Crippen molar-refractivity contribution in [3.63, 3.8) is 0 Å². The number of nitrogen functional groups attached to an aromatic ring is 1. The Balaban J connectivity index is 2.53. The predicted octanol–water partition coefficient (Wildman–Crippen LogP) is 1.01. The molecule has 14 heavy (non-hydrogen) atoms. The molecule has 0 fully saturated rings. The van der Waals surface area contributed by atoms with Crippen LogP contribution in [0.15, 0.2) is 30.3 Å². The topological polar surface area (TPSA) is 56.7 Å². The highest BCUT2D eigenvalue weighted by molar-refractivity contribution is 7.79. The van der Waals surface area contributed by atoms with Gasteiger partial charge >= 0.3 is 0 Å². The molecule has 0 bridgehead atoms. The van der Waals surface area contributed by atoms with Crippen LogP contribution in [0.25, 0.3) is 11.4 Å². The molecule has 0 spiro atoms. The summed E-state index contributed by atoms with van der Waals surface area (Å²) in [5.74, 6) is 6.84. The van der Waals surface area contributed by atoms with Gasteiger partial charge in [-0.3, -0.25) is 0 Å². The van der Waals surface area contributed by atoms with Crippen molar-refractivity contribution in [1.82, 2.24) is 14.9 Å². The summed E-state index contributed by atoms with van der Waals surface area (Å²) in [4.78, 5) is 0. The largest absolute Gasteiger partial charge is 0.336 e. The van der Waals surface area contributed by atoms with E-state index in [0.717, 1.165) is 5.56 Å². The van der Waals surface area contributed by atoms with Gasteiger partial charge in [0.05, 0.1) is 0 Å². The van der Waals surface area contributed by atoms with E-state index in [-0.39, 0.29) is 0 Å². The first-order chi connectivity index (χ1) is 6.83. The molecule has 0 atom stereocenters. The molecule has 4 nitrogen and oxygen atoms in total. The molecular weight excluding hydrogens is 196 g/mol. The van der Waals surface area contributed by atoms with Gasteiger partial charge in [0.2, 0.25) is 0 Å². The van der Waals surface area contributed by atoms with E-state index in [1.54, 1.807) is 0 Å². The van der Waals surface area contributed by atoms with Gasteiger partial charge in [0.1, 0.15) is 0 Å². The lowest BCUT2D eigenvalue weighted by atomic mass is 10.2. The minimum atomic E-state index is 0.485. The second-order valence-corrected chi connectivity index (χ2v) is 2.97. The SMILES string of the molecule is Nn1c(C=S)nnc1-c1ccccc1. The van der Waals surface area contributed by atoms with Crippen molar-refractivity contribution in [3.05, 3.63) is 36.2 Å². The summed E-state index contributed by atoms with van der Waals surface area (Å²) in [6.45, 7) is 0. The Labute approximate surface area is 86.3 Å². The second kappa shape index (κ2) is 3.55. The standard InChI is InChI=1S/C9H8N4S/c10-13-8(6-14)11-12-9(13)7-4-2-1-3-5-7/h1-6H,10H2. The Morgan fingerprint density at radius 3 is 2.50 bits per heavy atom. The molecule has 2 aromatic rings. The molecule has 0 radical (unpaired) electrons. The third kappa shape index (κ3) is 1.38. The average molecular weight is 204 g/mol. The normalized spacial score (nSPS) is 10.0. The van der Waals surface area contributed by atoms with E-state index in [1.165, 1.54) is 10.0 Å². The number of benzene rings is 1. The third-order valence-corrected chi connectivity index (χ3v) is 2.07. The first kappa shape index (κ1) is 8.83. The molecule has 0 aliphatic heterocycles. The van der Waals surface area contributed by atoms with Crippen molar-refractivity contribution in [3.8, 4) is 11.4 Å². The zero-order valence-corrected chi connectivity index (χ0v) is 8.11. The summed E-state index contributed by atoms with van der Waals surface area (Å²) in [6.07, 6.45) is 0. The van der Waals surface area contributed by atoms with E-state index in [0.29, 0.717) is 11.6 Å². The van der Waals surface area contributed by atoms with Gasteiger partial charge in [0.15, 0.2) is 11.6 Å². The maximum Gasteiger partial charge on any atom is 0.186 e. The average Bonchev–Trinajstić information content (AvgIpc) is 2.61. The molecule has 1 aromatic carbocycles. The fourth-order valence-corrected chi connectivity index (χ4v) is 1.33. The monoisotopic (exact) mass is 204 g/mol. The highest BCUT2D eigenvalue weighted by Crippen LogP contribution is 2.14. The molecule has 0 saturated carbocycles. The predicted molar refractivity (Wildman–Crippen MR) is 58.4 cm³/mol. The van der Waals surface area contributed by atoms with Gasteiger partial charge in [0, 0.05) is 10.9 Å². The van der Waals surface area contributed by atoms with Crippen LogP contribution in [-0.4, -0.2) is 20.2 Å². The summed E-state index contributed by atoms with van der Waals surface area (Å²) in [5, 5.41) is 9.19. The minimum Gasteiger partial charge on any atom is -0.336 e. The zero-order chi connectivity index (χ0) is 9.97. The first-order valence-electron chi connectivity index (χ1n) is 4.04. The fraction of sp³-hybridized carbons (Fsp3) is 0. The van der Waals surface area contributed by atoms with Crippen LogP contribution in [0.5, 0.6) is 0 Å². The summed E-state index contributed by atoms with van der Waals surface area (Å²) >= 11 is 4.74. The lowest BCUT2D eigenvalue weighted by molar-refractivity contribution is 0.996. The van der Waals surface area contributed by atoms with Crippen molar-refractivity contribution in [1.29, 1.82) is 0 Å². The van der Waals surface area contributed by atoms with Crippen molar-refractivity contribution < 1.29 is 0 Å². The van der Waals surface area contributed by atoms with Crippen LogP contribution in [0.4, 0.5) is 0 Å². The summed E-state index contributed by atoms with van der Waals surface area (Å²) in [7, 11) is 0. The Bertz CT molecular complexity index is 449. The zero-order valence-electron chi connectivity index (χ0n) is 7.29. The smallest absolute Gasteiger partial charge is 0.186 e. The van der Waals surface area contributed by atoms with Crippen molar-refractivity contribution in [2.45, 2.75) is 0 Å². The van der Waals surface area contributed by atoms with E-state index < -0.39 is 0 Å². The van der Waals surface area contributed by atoms with Gasteiger partial charge < -0.3 is 5.84 Å². The van der Waals surface area contributed by atoms with Gasteiger partial charge in [-0.25, -0.2) is 4.68 Å². The van der Waals surface area contributed by atoms with E-state index in [1.807, 2.05) is 30.3 Å². The quantitative estimate of drug-likeness (QED) is 0.586. The fourth-order valence-electron chi connectivity index (χ4n) is 1.17. The van der Waals surface area contributed by atoms with E-state index in [9.17, 15) is 0 Å². The molecule has 0 amide bonds. The highest BCUT2D eigenvalue weighted by atomic mass is 32.1. The molecule has 2 rings (SSSR count). The Morgan fingerprint density at radius 2 is 1.93 bits per heavy atom. The summed E-state index contributed by atoms with van der Waals surface area (Å²) in [5.41, 5.74) is 0.922. The maximum atomic E-state index is 5.74. The number of thiocarbonyl (C=S) groups is 1. The first-order valence-corrected chi connectivity index (χ1v) is 4.51. The molecule has 0 aliphatic carbocycles. The lowest BCUT2D eigenvalue weighted by Gasteiger charge is -1.99. The van der Waals surface area contributed by atoms with Crippen molar-refractivity contribution in [2.75, 3.05) is 5.84 Å². The van der Waals surface area contributed by atoms with Crippen LogP contribution in [0.1, 0.15) is 5.82 Å². The number of hydrogen-bond donors (Lipinski definition) is 1. The van der Waals surface area contributed by atoms with Gasteiger partial charge in [-0.05, 0) is 0 Å². The van der Waals surface area contributed by atoms with Crippen LogP contribution >= 0.6 is 12.2 Å². The molecule has 2 N–H and O–H groups in total. The molecule has 0 aliphatic rings. The summed E-state index contributed by atoms with van der Waals surface area (Å²) in [6, 6.07) is 9.60. The third-order valence-electron chi connectivity index (χ3n) is 1.86. The van der Waals surface area contributed by atoms with E-state index in [4.69, 9.17) is 18.1 Å². The Morgan fingerprint density at radius 1 is 1.21 bits per heavy atom. The van der Waals surface area contributed by atoms with Crippen LogP contribution in [0.3, 0.4) is 0 Å². The van der Waals surface area contributed by atoms with Crippen LogP contribution in [0, 0.1) is 0 Å². The van der Waals surface area contributed by atoms with Crippen LogP contribution in [0.2, 0.25) is 0 Å². The molecule has 70 valence electrons. The van der Waals surface area contributed by atoms with Crippen LogP contribution in [-0.2, 0) is 0 Å². The van der Waals surface area contributed by atoms with E-state index in [2.05, 4.69) is 10.2 Å². The molecule has 1 aromatic heterocycles. The van der Waals surface area contributed by atoms with Gasteiger partial charge in [-0.2, -0.15) is 0 Å². The molecule has 5 heteroatoms. The molecular formula is C9H8N4S. The lowest BCUT2D eigenvalue weighted by Crippen LogP contribution is -2.13. The highest BCUT2D eigenvalue weighted by Gasteiger charge is 2.08. The number of nitrogens with zero attached hydrogens (tertiary/aromatic N) is 3. The number of rotatable bonds is 2. The summed E-state index contributed by atoms with van der Waals surface area (Å²) < 4.78 is 1.38. The molecule has 0 unspecified atom stereocenters. The number of nitrogens with two attached hydrogens (primary N) is 1. The van der Waals surface area contributed by atoms with Gasteiger partial charge in [0.25, 0.3) is 0 Å². The Hall–Kier alpha value is -1.75. The second-order valence-electron chi connectivity index (χ2n) is 2.74. The van der Waals surface area contributed by atoms with Crippen molar-refractivity contribution in [2.24, 2.45) is 0 Å². The Kier molecular flexibility index (Phi) is 2.24. The number of hydrogen-bond acceptors (Lipinski definition) is 4.